The van der Waals surface area contributed by atoms with Crippen molar-refractivity contribution in [2.75, 3.05) is 0 Å². The molecule has 30 heavy (non-hydrogen) atoms. The van der Waals surface area contributed by atoms with Crippen molar-refractivity contribution in [1.29, 1.82) is 0 Å². The molecule has 1 aromatic rings. The highest BCUT2D eigenvalue weighted by molar-refractivity contribution is 7.92. The molecule has 0 aliphatic heterocycles. The van der Waals surface area contributed by atoms with E-state index in [1.165, 1.54) is 18.2 Å². The molecule has 5 nitrogen and oxygen atoms in total. The Balaban J connectivity index is 1.61. The molecule has 0 amide bonds. The summed E-state index contributed by atoms with van der Waals surface area (Å²) in [6.07, 6.45) is 12.6. The van der Waals surface area contributed by atoms with Gasteiger partial charge in [0.1, 0.15) is 0 Å². The molecule has 0 spiro atoms. The Hall–Kier alpha value is -1.63. The van der Waals surface area contributed by atoms with E-state index in [-0.39, 0.29) is 12.5 Å². The van der Waals surface area contributed by atoms with Gasteiger partial charge in [0, 0.05) is 22.9 Å². The van der Waals surface area contributed by atoms with E-state index in [1.54, 1.807) is 30.3 Å². The number of hydrogen-bond acceptors (Lipinski definition) is 3. The predicted molar refractivity (Wildman–Crippen MR) is 121 cm³/mol. The summed E-state index contributed by atoms with van der Waals surface area (Å²) < 4.78 is 28.5. The minimum absolute atomic E-state index is 0.0407. The normalized spacial score (nSPS) is 26.6. The molecule has 164 valence electrons. The fourth-order valence-corrected chi connectivity index (χ4v) is 6.10. The Morgan fingerprint density at radius 2 is 1.77 bits per heavy atom. The van der Waals surface area contributed by atoms with Crippen LogP contribution in [0.15, 0.2) is 41.8 Å². The van der Waals surface area contributed by atoms with Gasteiger partial charge < -0.3 is 5.11 Å². The van der Waals surface area contributed by atoms with Gasteiger partial charge in [-0.25, -0.2) is 13.1 Å². The number of aliphatic carboxylic acids is 1. The van der Waals surface area contributed by atoms with Crippen LogP contribution in [0.2, 0.25) is 5.02 Å². The van der Waals surface area contributed by atoms with Gasteiger partial charge in [-0.05, 0) is 86.5 Å². The third kappa shape index (κ3) is 6.69. The Bertz CT molecular complexity index is 871. The average molecular weight is 452 g/mol. The second-order valence-corrected chi connectivity index (χ2v) is 10.4. The lowest BCUT2D eigenvalue weighted by Gasteiger charge is -2.48. The molecule has 2 bridgehead atoms. The van der Waals surface area contributed by atoms with Gasteiger partial charge >= 0.3 is 5.97 Å². The Morgan fingerprint density at radius 1 is 1.10 bits per heavy atom. The van der Waals surface area contributed by atoms with Gasteiger partial charge in [-0.2, -0.15) is 0 Å². The molecule has 1 aromatic carbocycles. The SMILES string of the molecule is O=C(O)CCC/C=C/CC1C2CCC(CC2)C1NS(=O)(=O)/C=C/c1ccc(Cl)cc1. The van der Waals surface area contributed by atoms with Crippen LogP contribution in [-0.4, -0.2) is 25.5 Å². The number of fused-ring (bicyclic) bond motifs is 3. The third-order valence-electron chi connectivity index (χ3n) is 6.34. The van der Waals surface area contributed by atoms with E-state index in [4.69, 9.17) is 16.7 Å². The fraction of sp³-hybridized carbons (Fsp3) is 0.522. The molecule has 3 fully saturated rings. The lowest BCUT2D eigenvalue weighted by atomic mass is 9.61. The van der Waals surface area contributed by atoms with Crippen molar-refractivity contribution in [2.45, 2.75) is 57.4 Å². The van der Waals surface area contributed by atoms with Crippen molar-refractivity contribution in [3.8, 4) is 0 Å². The second kappa shape index (κ2) is 10.6. The third-order valence-corrected chi connectivity index (χ3v) is 7.68. The maximum atomic E-state index is 12.7. The van der Waals surface area contributed by atoms with Gasteiger partial charge in [0.25, 0.3) is 0 Å². The quantitative estimate of drug-likeness (QED) is 0.376. The first-order chi connectivity index (χ1) is 14.3. The van der Waals surface area contributed by atoms with E-state index in [9.17, 15) is 13.2 Å². The van der Waals surface area contributed by atoms with Crippen LogP contribution in [0.4, 0.5) is 0 Å². The minimum atomic E-state index is -3.55. The topological polar surface area (TPSA) is 83.5 Å². The Labute approximate surface area is 184 Å². The molecule has 2 N–H and O–H groups in total. The van der Waals surface area contributed by atoms with E-state index in [0.29, 0.717) is 29.2 Å². The van der Waals surface area contributed by atoms with Crippen molar-refractivity contribution >= 4 is 33.7 Å². The first-order valence-corrected chi connectivity index (χ1v) is 12.6. The van der Waals surface area contributed by atoms with Crippen molar-refractivity contribution in [3.05, 3.63) is 52.4 Å². The summed E-state index contributed by atoms with van der Waals surface area (Å²) in [6.45, 7) is 0. The van der Waals surface area contributed by atoms with Gasteiger partial charge in [-0.15, -0.1) is 0 Å². The monoisotopic (exact) mass is 451 g/mol. The smallest absolute Gasteiger partial charge is 0.303 e. The van der Waals surface area contributed by atoms with E-state index >= 15 is 0 Å². The van der Waals surface area contributed by atoms with Gasteiger partial charge in [0.15, 0.2) is 0 Å². The maximum Gasteiger partial charge on any atom is 0.303 e. The highest BCUT2D eigenvalue weighted by Gasteiger charge is 2.44. The standard InChI is InChI=1S/C23H30ClNO4S/c24-20-13-7-17(8-14-20)15-16-30(28,29)25-23-19-11-9-18(10-12-19)21(23)5-3-1-2-4-6-22(26)27/h1,3,7-8,13-16,18-19,21,23,25H,2,4-6,9-12H2,(H,26,27)/b3-1+,16-15+. The summed E-state index contributed by atoms with van der Waals surface area (Å²) >= 11 is 5.88. The summed E-state index contributed by atoms with van der Waals surface area (Å²) in [6, 6.07) is 7.01. The molecule has 3 aliphatic rings. The number of carboxylic acids is 1. The number of sulfonamides is 1. The summed E-state index contributed by atoms with van der Waals surface area (Å²) in [5, 5.41) is 10.6. The number of carbonyl (C=O) groups is 1. The number of hydrogen-bond donors (Lipinski definition) is 2. The largest absolute Gasteiger partial charge is 0.481 e. The van der Waals surface area contributed by atoms with E-state index < -0.39 is 16.0 Å². The van der Waals surface area contributed by atoms with Crippen LogP contribution >= 0.6 is 11.6 Å². The molecule has 7 heteroatoms. The van der Waals surface area contributed by atoms with Crippen molar-refractivity contribution in [3.63, 3.8) is 0 Å². The number of halogens is 1. The van der Waals surface area contributed by atoms with Crippen LogP contribution in [-0.2, 0) is 14.8 Å². The van der Waals surface area contributed by atoms with E-state index in [1.807, 2.05) is 6.08 Å². The van der Waals surface area contributed by atoms with E-state index in [0.717, 1.165) is 31.2 Å². The van der Waals surface area contributed by atoms with Gasteiger partial charge in [-0.3, -0.25) is 4.79 Å². The van der Waals surface area contributed by atoms with Gasteiger partial charge in [-0.1, -0.05) is 35.9 Å². The zero-order valence-electron chi connectivity index (χ0n) is 17.0. The number of benzene rings is 1. The average Bonchev–Trinajstić information content (AvgIpc) is 2.71. The van der Waals surface area contributed by atoms with Crippen LogP contribution < -0.4 is 4.72 Å². The molecular formula is C23H30ClNO4S. The molecule has 0 aromatic heterocycles. The second-order valence-electron chi connectivity index (χ2n) is 8.37. The van der Waals surface area contributed by atoms with Crippen LogP contribution in [0.1, 0.15) is 56.9 Å². The van der Waals surface area contributed by atoms with Crippen LogP contribution in [0, 0.1) is 17.8 Å². The molecule has 3 saturated carbocycles. The first kappa shape index (κ1) is 23.0. The number of nitrogens with one attached hydrogen (secondary N) is 1. The molecule has 4 rings (SSSR count). The molecule has 3 aliphatic carbocycles. The Kier molecular flexibility index (Phi) is 8.14. The summed E-state index contributed by atoms with van der Waals surface area (Å²) in [7, 11) is -3.55. The molecule has 0 heterocycles. The molecular weight excluding hydrogens is 422 g/mol. The van der Waals surface area contributed by atoms with Crippen molar-refractivity contribution < 1.29 is 18.3 Å². The zero-order chi connectivity index (χ0) is 21.6. The lowest BCUT2D eigenvalue weighted by molar-refractivity contribution is -0.137. The molecule has 0 radical (unpaired) electrons. The molecule has 2 atom stereocenters. The molecule has 0 saturated heterocycles. The summed E-state index contributed by atoms with van der Waals surface area (Å²) in [5.74, 6) is 0.465. The summed E-state index contributed by atoms with van der Waals surface area (Å²) in [4.78, 5) is 10.6. The number of allylic oxidation sites excluding steroid dienone is 2. The number of unbranched alkanes of at least 4 members (excludes halogenated alkanes) is 1. The highest BCUT2D eigenvalue weighted by Crippen LogP contribution is 2.46. The van der Waals surface area contributed by atoms with Crippen molar-refractivity contribution in [2.24, 2.45) is 17.8 Å². The van der Waals surface area contributed by atoms with Crippen molar-refractivity contribution in [1.82, 2.24) is 4.72 Å². The van der Waals surface area contributed by atoms with Gasteiger partial charge in [0.2, 0.25) is 10.0 Å². The number of carboxylic acid groups (broad SMARTS) is 1. The minimum Gasteiger partial charge on any atom is -0.481 e. The zero-order valence-corrected chi connectivity index (χ0v) is 18.6. The lowest BCUT2D eigenvalue weighted by Crippen LogP contribution is -2.52. The summed E-state index contributed by atoms with van der Waals surface area (Å²) in [5.41, 5.74) is 0.788. The first-order valence-electron chi connectivity index (χ1n) is 10.7. The highest BCUT2D eigenvalue weighted by atomic mass is 35.5. The predicted octanol–water partition coefficient (Wildman–Crippen LogP) is 5.24. The van der Waals surface area contributed by atoms with Crippen LogP contribution in [0.3, 0.4) is 0 Å². The Morgan fingerprint density at radius 3 is 2.43 bits per heavy atom. The van der Waals surface area contributed by atoms with Crippen LogP contribution in [0.25, 0.3) is 6.08 Å². The van der Waals surface area contributed by atoms with Gasteiger partial charge in [0.05, 0.1) is 0 Å². The van der Waals surface area contributed by atoms with Crippen LogP contribution in [0.5, 0.6) is 0 Å². The van der Waals surface area contributed by atoms with E-state index in [2.05, 4.69) is 10.8 Å². The fourth-order valence-electron chi connectivity index (χ4n) is 4.81. The molecule has 2 unspecified atom stereocenters. The number of rotatable bonds is 10. The maximum absolute atomic E-state index is 12.7.